The van der Waals surface area contributed by atoms with Gasteiger partial charge in [0.05, 0.1) is 0 Å². The monoisotopic (exact) mass is 265 g/mol. The quantitative estimate of drug-likeness (QED) is 0.576. The van der Waals surface area contributed by atoms with Gasteiger partial charge in [0.1, 0.15) is 5.65 Å². The fourth-order valence-corrected chi connectivity index (χ4v) is 2.22. The number of rotatable bonds is 2. The van der Waals surface area contributed by atoms with Gasteiger partial charge in [0.15, 0.2) is 0 Å². The SMILES string of the molecule is CNc1ncc2c(-c3cnc4nccn4c3)c[nH]c2n1. The number of nitrogens with one attached hydrogen (secondary N) is 2. The number of aromatic nitrogens is 6. The molecule has 0 aliphatic rings. The largest absolute Gasteiger partial charge is 0.357 e. The summed E-state index contributed by atoms with van der Waals surface area (Å²) < 4.78 is 1.89. The second kappa shape index (κ2) is 4.02. The molecule has 7 nitrogen and oxygen atoms in total. The van der Waals surface area contributed by atoms with Crippen LogP contribution in [0.1, 0.15) is 0 Å². The van der Waals surface area contributed by atoms with Crippen LogP contribution in [0.3, 0.4) is 0 Å². The number of hydrogen-bond donors (Lipinski definition) is 2. The van der Waals surface area contributed by atoms with Crippen molar-refractivity contribution in [2.45, 2.75) is 0 Å². The standard InChI is InChI=1S/C13H11N7/c1-14-12-17-6-10-9(5-16-11(10)19-12)8-4-18-13-15-2-3-20(13)7-8/h2-7H,1H3,(H2,14,16,17,19). The smallest absolute Gasteiger partial charge is 0.233 e. The van der Waals surface area contributed by atoms with Crippen LogP contribution < -0.4 is 5.32 Å². The molecule has 0 fully saturated rings. The van der Waals surface area contributed by atoms with Crippen LogP contribution in [-0.2, 0) is 0 Å². The van der Waals surface area contributed by atoms with Gasteiger partial charge in [-0.2, -0.15) is 4.98 Å². The maximum Gasteiger partial charge on any atom is 0.233 e. The van der Waals surface area contributed by atoms with E-state index in [9.17, 15) is 0 Å². The summed E-state index contributed by atoms with van der Waals surface area (Å²) in [7, 11) is 1.79. The van der Waals surface area contributed by atoms with Crippen molar-refractivity contribution in [2.75, 3.05) is 12.4 Å². The number of aromatic amines is 1. The fraction of sp³-hybridized carbons (Fsp3) is 0.0769. The van der Waals surface area contributed by atoms with E-state index in [1.165, 1.54) is 0 Å². The van der Waals surface area contributed by atoms with Crippen molar-refractivity contribution in [3.05, 3.63) is 37.2 Å². The summed E-state index contributed by atoms with van der Waals surface area (Å²) in [5.74, 6) is 1.27. The van der Waals surface area contributed by atoms with Gasteiger partial charge in [0.2, 0.25) is 11.7 Å². The molecule has 2 N–H and O–H groups in total. The molecule has 0 amide bonds. The van der Waals surface area contributed by atoms with E-state index in [2.05, 4.69) is 30.2 Å². The van der Waals surface area contributed by atoms with Crippen LogP contribution in [0.5, 0.6) is 0 Å². The summed E-state index contributed by atoms with van der Waals surface area (Å²) >= 11 is 0. The highest BCUT2D eigenvalue weighted by Crippen LogP contribution is 2.27. The highest BCUT2D eigenvalue weighted by molar-refractivity contribution is 5.93. The third-order valence-corrected chi connectivity index (χ3v) is 3.21. The Morgan fingerprint density at radius 1 is 1.20 bits per heavy atom. The lowest BCUT2D eigenvalue weighted by atomic mass is 10.1. The summed E-state index contributed by atoms with van der Waals surface area (Å²) in [5.41, 5.74) is 2.80. The molecule has 0 spiro atoms. The Hall–Kier alpha value is -2.96. The van der Waals surface area contributed by atoms with Crippen LogP contribution in [0.15, 0.2) is 37.2 Å². The van der Waals surface area contributed by atoms with Crippen LogP contribution in [0.4, 0.5) is 5.95 Å². The number of H-pyrrole nitrogens is 1. The molecule has 7 heteroatoms. The summed E-state index contributed by atoms with van der Waals surface area (Å²) in [4.78, 5) is 20.2. The van der Waals surface area contributed by atoms with Crippen molar-refractivity contribution in [2.24, 2.45) is 0 Å². The van der Waals surface area contributed by atoms with Crippen LogP contribution in [-0.4, -0.2) is 36.4 Å². The van der Waals surface area contributed by atoms with Crippen molar-refractivity contribution in [3.63, 3.8) is 0 Å². The second-order valence-corrected chi connectivity index (χ2v) is 4.39. The molecule has 4 rings (SSSR count). The molecule has 0 radical (unpaired) electrons. The third-order valence-electron chi connectivity index (χ3n) is 3.21. The van der Waals surface area contributed by atoms with Gasteiger partial charge in [-0.1, -0.05) is 0 Å². The molecule has 0 aliphatic heterocycles. The van der Waals surface area contributed by atoms with Gasteiger partial charge in [-0.05, 0) is 0 Å². The zero-order valence-electron chi connectivity index (χ0n) is 10.7. The van der Waals surface area contributed by atoms with Crippen molar-refractivity contribution in [3.8, 4) is 11.1 Å². The summed E-state index contributed by atoms with van der Waals surface area (Å²) in [6.45, 7) is 0. The van der Waals surface area contributed by atoms with E-state index in [1.54, 1.807) is 25.6 Å². The van der Waals surface area contributed by atoms with Crippen molar-refractivity contribution in [1.82, 2.24) is 29.3 Å². The van der Waals surface area contributed by atoms with Gasteiger partial charge >= 0.3 is 0 Å². The topological polar surface area (TPSA) is 83.8 Å². The molecule has 4 heterocycles. The molecule has 4 aromatic heterocycles. The molecule has 0 atom stereocenters. The van der Waals surface area contributed by atoms with Crippen LogP contribution in [0, 0.1) is 0 Å². The molecular formula is C13H11N7. The highest BCUT2D eigenvalue weighted by Gasteiger charge is 2.09. The zero-order chi connectivity index (χ0) is 13.5. The molecule has 0 unspecified atom stereocenters. The Bertz CT molecular complexity index is 905. The molecule has 4 aromatic rings. The number of imidazole rings is 1. The van der Waals surface area contributed by atoms with Crippen LogP contribution in [0.2, 0.25) is 0 Å². The Labute approximate surface area is 113 Å². The van der Waals surface area contributed by atoms with Gasteiger partial charge in [-0.3, -0.25) is 4.40 Å². The average Bonchev–Trinajstić information content (AvgIpc) is 3.11. The predicted octanol–water partition coefficient (Wildman–Crippen LogP) is 1.71. The van der Waals surface area contributed by atoms with E-state index < -0.39 is 0 Å². The van der Waals surface area contributed by atoms with E-state index in [0.29, 0.717) is 11.7 Å². The average molecular weight is 265 g/mol. The minimum atomic E-state index is 0.592. The lowest BCUT2D eigenvalue weighted by molar-refractivity contribution is 1.11. The van der Waals surface area contributed by atoms with Gasteiger partial charge in [0, 0.05) is 60.7 Å². The molecule has 0 saturated carbocycles. The maximum atomic E-state index is 4.37. The zero-order valence-corrected chi connectivity index (χ0v) is 10.7. The van der Waals surface area contributed by atoms with Crippen LogP contribution >= 0.6 is 0 Å². The Morgan fingerprint density at radius 2 is 2.15 bits per heavy atom. The molecular weight excluding hydrogens is 254 g/mol. The van der Waals surface area contributed by atoms with Crippen molar-refractivity contribution < 1.29 is 0 Å². The molecule has 98 valence electrons. The Balaban J connectivity index is 1.92. The first-order valence-electron chi connectivity index (χ1n) is 6.16. The predicted molar refractivity (Wildman–Crippen MR) is 75.4 cm³/mol. The van der Waals surface area contributed by atoms with E-state index in [4.69, 9.17) is 0 Å². The number of fused-ring (bicyclic) bond motifs is 2. The molecule has 0 saturated heterocycles. The van der Waals surface area contributed by atoms with Gasteiger partial charge < -0.3 is 10.3 Å². The first-order chi connectivity index (χ1) is 9.85. The maximum absolute atomic E-state index is 4.37. The minimum Gasteiger partial charge on any atom is -0.357 e. The fourth-order valence-electron chi connectivity index (χ4n) is 2.22. The van der Waals surface area contributed by atoms with Crippen molar-refractivity contribution >= 4 is 22.8 Å². The van der Waals surface area contributed by atoms with Crippen LogP contribution in [0.25, 0.3) is 27.9 Å². The van der Waals surface area contributed by atoms with E-state index in [-0.39, 0.29) is 0 Å². The lowest BCUT2D eigenvalue weighted by Crippen LogP contribution is -1.95. The van der Waals surface area contributed by atoms with Gasteiger partial charge in [-0.25, -0.2) is 15.0 Å². The molecule has 0 aromatic carbocycles. The van der Waals surface area contributed by atoms with Crippen molar-refractivity contribution in [1.29, 1.82) is 0 Å². The summed E-state index contributed by atoms with van der Waals surface area (Å²) in [5, 5.41) is 3.89. The second-order valence-electron chi connectivity index (χ2n) is 4.39. The van der Waals surface area contributed by atoms with E-state index >= 15 is 0 Å². The first-order valence-corrected chi connectivity index (χ1v) is 6.16. The number of nitrogens with zero attached hydrogens (tertiary/aromatic N) is 5. The third kappa shape index (κ3) is 1.53. The summed E-state index contributed by atoms with van der Waals surface area (Å²) in [6.07, 6.45) is 11.1. The van der Waals surface area contributed by atoms with Gasteiger partial charge in [0.25, 0.3) is 0 Å². The molecule has 20 heavy (non-hydrogen) atoms. The van der Waals surface area contributed by atoms with Gasteiger partial charge in [-0.15, -0.1) is 0 Å². The highest BCUT2D eigenvalue weighted by atomic mass is 15.1. The summed E-state index contributed by atoms with van der Waals surface area (Å²) in [6, 6.07) is 0. The molecule has 0 aliphatic carbocycles. The van der Waals surface area contributed by atoms with E-state index in [0.717, 1.165) is 22.2 Å². The number of hydrogen-bond acceptors (Lipinski definition) is 5. The molecule has 0 bridgehead atoms. The van der Waals surface area contributed by atoms with E-state index in [1.807, 2.05) is 23.0 Å². The minimum absolute atomic E-state index is 0.592. The Kier molecular flexibility index (Phi) is 2.19. The lowest BCUT2D eigenvalue weighted by Gasteiger charge is -2.01. The first kappa shape index (κ1) is 10.9. The number of anilines is 1. The normalized spacial score (nSPS) is 11.2. The Morgan fingerprint density at radius 3 is 3.05 bits per heavy atom.